The molecule has 0 spiro atoms. The Morgan fingerprint density at radius 3 is 3.04 bits per heavy atom. The van der Waals surface area contributed by atoms with Gasteiger partial charge in [-0.2, -0.15) is 0 Å². The molecule has 1 aromatic rings. The lowest BCUT2D eigenvalue weighted by Crippen LogP contribution is -2.48. The second-order valence-electron chi connectivity index (χ2n) is 6.18. The highest BCUT2D eigenvalue weighted by atomic mass is 35.5. The van der Waals surface area contributed by atoms with Crippen LogP contribution in [0.3, 0.4) is 0 Å². The van der Waals surface area contributed by atoms with E-state index in [0.717, 1.165) is 6.42 Å². The molecule has 2 aliphatic rings. The normalized spacial score (nSPS) is 26.3. The largest absolute Gasteiger partial charge is 0.451 e. The van der Waals surface area contributed by atoms with Crippen LogP contribution in [0.1, 0.15) is 26.7 Å². The summed E-state index contributed by atoms with van der Waals surface area (Å²) >= 11 is 7.47. The summed E-state index contributed by atoms with van der Waals surface area (Å²) in [7, 11) is 0. The predicted octanol–water partition coefficient (Wildman–Crippen LogP) is 2.06. The summed E-state index contributed by atoms with van der Waals surface area (Å²) in [6.45, 7) is 3.43. The highest BCUT2D eigenvalue weighted by molar-refractivity contribution is 8.01. The van der Waals surface area contributed by atoms with Gasteiger partial charge in [-0.1, -0.05) is 11.6 Å². The summed E-state index contributed by atoms with van der Waals surface area (Å²) in [5.41, 5.74) is 0.343. The zero-order chi connectivity index (χ0) is 18.2. The van der Waals surface area contributed by atoms with E-state index in [1.807, 2.05) is 6.92 Å². The first-order chi connectivity index (χ1) is 11.8. The Bertz CT molecular complexity index is 731. The summed E-state index contributed by atoms with van der Waals surface area (Å²) in [6.07, 6.45) is 1.64. The average Bonchev–Trinajstić information content (AvgIpc) is 3.06. The van der Waals surface area contributed by atoms with Gasteiger partial charge in [-0.15, -0.1) is 11.8 Å². The number of amides is 2. The number of hydrogen-bond donors (Lipinski definition) is 1. The van der Waals surface area contributed by atoms with Crippen LogP contribution in [0.4, 0.5) is 5.69 Å². The third kappa shape index (κ3) is 3.46. The summed E-state index contributed by atoms with van der Waals surface area (Å²) in [5.74, 6) is -0.645. The van der Waals surface area contributed by atoms with Crippen molar-refractivity contribution in [3.8, 4) is 0 Å². The first kappa shape index (κ1) is 18.0. The summed E-state index contributed by atoms with van der Waals surface area (Å²) < 4.78 is 5.29. The van der Waals surface area contributed by atoms with Crippen molar-refractivity contribution in [3.05, 3.63) is 23.5 Å². The molecule has 1 aromatic heterocycles. The van der Waals surface area contributed by atoms with E-state index < -0.39 is 24.0 Å². The van der Waals surface area contributed by atoms with Crippen LogP contribution in [-0.4, -0.2) is 50.4 Å². The number of rotatable bonds is 4. The van der Waals surface area contributed by atoms with Gasteiger partial charge in [0.05, 0.1) is 10.6 Å². The number of carbonyl (C=O) groups excluding carboxylic acids is 3. The first-order valence-corrected chi connectivity index (χ1v) is 9.26. The molecule has 25 heavy (non-hydrogen) atoms. The van der Waals surface area contributed by atoms with Crippen LogP contribution in [0.5, 0.6) is 0 Å². The van der Waals surface area contributed by atoms with Crippen LogP contribution in [0, 0.1) is 0 Å². The zero-order valence-corrected chi connectivity index (χ0v) is 15.4. The second-order valence-corrected chi connectivity index (χ2v) is 8.04. The van der Waals surface area contributed by atoms with Gasteiger partial charge in [-0.25, -0.2) is 9.78 Å². The highest BCUT2D eigenvalue weighted by Crippen LogP contribution is 2.47. The summed E-state index contributed by atoms with van der Waals surface area (Å²) in [5, 5.41) is 2.72. The van der Waals surface area contributed by atoms with E-state index in [1.165, 1.54) is 13.1 Å². The molecule has 0 bridgehead atoms. The number of esters is 1. The number of aromatic nitrogens is 1. The van der Waals surface area contributed by atoms with Crippen molar-refractivity contribution >= 4 is 46.8 Å². The van der Waals surface area contributed by atoms with E-state index in [2.05, 4.69) is 10.3 Å². The van der Waals surface area contributed by atoms with Crippen LogP contribution in [-0.2, 0) is 19.1 Å². The quantitative estimate of drug-likeness (QED) is 0.632. The van der Waals surface area contributed by atoms with Gasteiger partial charge in [0.1, 0.15) is 6.04 Å². The lowest BCUT2D eigenvalue weighted by molar-refractivity contribution is -0.160. The van der Waals surface area contributed by atoms with Crippen LogP contribution in [0.15, 0.2) is 18.3 Å². The first-order valence-electron chi connectivity index (χ1n) is 7.90. The van der Waals surface area contributed by atoms with Crippen molar-refractivity contribution in [3.63, 3.8) is 0 Å². The van der Waals surface area contributed by atoms with Gasteiger partial charge in [0, 0.05) is 18.4 Å². The number of hydrogen-bond acceptors (Lipinski definition) is 6. The number of fused-ring (bicyclic) bond motifs is 1. The molecule has 0 saturated carbocycles. The maximum atomic E-state index is 12.5. The van der Waals surface area contributed by atoms with E-state index in [0.29, 0.717) is 17.9 Å². The van der Waals surface area contributed by atoms with Crippen LogP contribution in [0.25, 0.3) is 0 Å². The van der Waals surface area contributed by atoms with E-state index in [-0.39, 0.29) is 15.9 Å². The third-order valence-corrected chi connectivity index (χ3v) is 6.20. The monoisotopic (exact) mass is 383 g/mol. The minimum Gasteiger partial charge on any atom is -0.451 e. The van der Waals surface area contributed by atoms with Gasteiger partial charge >= 0.3 is 5.97 Å². The molecule has 2 fully saturated rings. The number of halogens is 1. The fourth-order valence-electron chi connectivity index (χ4n) is 3.02. The Labute approximate surface area is 154 Å². The SMILES string of the molecule is C[C@@H](OC(=O)[C@@H]1CS[C@@]2(C)CCC(=O)N12)C(=O)Nc1cccnc1Cl. The van der Waals surface area contributed by atoms with Crippen LogP contribution < -0.4 is 5.32 Å². The third-order valence-electron chi connectivity index (χ3n) is 4.40. The molecule has 0 aliphatic carbocycles. The predicted molar refractivity (Wildman–Crippen MR) is 94.2 cm³/mol. The number of nitrogens with one attached hydrogen (secondary N) is 1. The van der Waals surface area contributed by atoms with Crippen LogP contribution >= 0.6 is 23.4 Å². The Kier molecular flexibility index (Phi) is 4.92. The number of pyridine rings is 1. The van der Waals surface area contributed by atoms with Gasteiger partial charge < -0.3 is 15.0 Å². The molecular weight excluding hydrogens is 366 g/mol. The number of nitrogens with zero attached hydrogens (tertiary/aromatic N) is 2. The molecule has 0 aromatic carbocycles. The fraction of sp³-hybridized carbons (Fsp3) is 0.500. The fourth-order valence-corrected chi connectivity index (χ4v) is 4.60. The standard InChI is InChI=1S/C16H18ClN3O4S/c1-9(14(22)19-10-4-3-7-18-13(10)17)24-15(23)11-8-25-16(2)6-5-12(21)20(11)16/h3-4,7,9,11H,5-6,8H2,1-2H3,(H,19,22)/t9-,11+,16+/m1/s1. The Balaban J connectivity index is 1.62. The molecule has 2 aliphatic heterocycles. The highest BCUT2D eigenvalue weighted by Gasteiger charge is 2.53. The molecule has 9 heteroatoms. The smallest absolute Gasteiger partial charge is 0.330 e. The molecule has 134 valence electrons. The second kappa shape index (κ2) is 6.84. The lowest BCUT2D eigenvalue weighted by atomic mass is 10.2. The van der Waals surface area contributed by atoms with Crippen molar-refractivity contribution < 1.29 is 19.1 Å². The Morgan fingerprint density at radius 1 is 1.56 bits per heavy atom. The lowest BCUT2D eigenvalue weighted by Gasteiger charge is -2.29. The Morgan fingerprint density at radius 2 is 2.32 bits per heavy atom. The van der Waals surface area contributed by atoms with Crippen LogP contribution in [0.2, 0.25) is 5.15 Å². The van der Waals surface area contributed by atoms with E-state index in [9.17, 15) is 14.4 Å². The van der Waals surface area contributed by atoms with Gasteiger partial charge in [0.25, 0.3) is 5.91 Å². The van der Waals surface area contributed by atoms with Crippen molar-refractivity contribution in [2.24, 2.45) is 0 Å². The maximum Gasteiger partial charge on any atom is 0.330 e. The maximum absolute atomic E-state index is 12.5. The topological polar surface area (TPSA) is 88.6 Å². The number of thioether (sulfide) groups is 1. The molecule has 0 radical (unpaired) electrons. The molecule has 1 N–H and O–H groups in total. The van der Waals surface area contributed by atoms with Crippen molar-refractivity contribution in [2.75, 3.05) is 11.1 Å². The molecule has 7 nitrogen and oxygen atoms in total. The number of anilines is 1. The summed E-state index contributed by atoms with van der Waals surface area (Å²) in [6, 6.07) is 2.58. The molecular formula is C16H18ClN3O4S. The average molecular weight is 384 g/mol. The number of ether oxygens (including phenoxy) is 1. The van der Waals surface area contributed by atoms with Gasteiger partial charge in [-0.05, 0) is 32.4 Å². The van der Waals surface area contributed by atoms with Gasteiger partial charge in [0.2, 0.25) is 5.91 Å². The summed E-state index contributed by atoms with van der Waals surface area (Å²) in [4.78, 5) is 41.9. The molecule has 3 atom stereocenters. The molecule has 3 rings (SSSR count). The van der Waals surface area contributed by atoms with E-state index >= 15 is 0 Å². The molecule has 0 unspecified atom stereocenters. The van der Waals surface area contributed by atoms with Crippen molar-refractivity contribution in [1.82, 2.24) is 9.88 Å². The number of carbonyl (C=O) groups is 3. The molecule has 2 saturated heterocycles. The minimum atomic E-state index is -1.02. The Hall–Kier alpha value is -1.80. The van der Waals surface area contributed by atoms with Gasteiger partial charge in [0.15, 0.2) is 11.3 Å². The molecule has 3 heterocycles. The van der Waals surface area contributed by atoms with Crippen molar-refractivity contribution in [1.29, 1.82) is 0 Å². The van der Waals surface area contributed by atoms with Gasteiger partial charge in [-0.3, -0.25) is 9.59 Å². The molecule has 2 amide bonds. The minimum absolute atomic E-state index is 0.0475. The van der Waals surface area contributed by atoms with E-state index in [4.69, 9.17) is 16.3 Å². The van der Waals surface area contributed by atoms with E-state index in [1.54, 1.807) is 28.8 Å². The van der Waals surface area contributed by atoms with Crippen molar-refractivity contribution in [2.45, 2.75) is 43.7 Å². The zero-order valence-electron chi connectivity index (χ0n) is 13.8.